The Bertz CT molecular complexity index is 408. The summed E-state index contributed by atoms with van der Waals surface area (Å²) in [6.07, 6.45) is 7.85. The summed E-state index contributed by atoms with van der Waals surface area (Å²) in [5.41, 5.74) is 0. The van der Waals surface area contributed by atoms with E-state index in [-0.39, 0.29) is 25.7 Å². The number of hydrogen-bond acceptors (Lipinski definition) is 7. The number of hydrogen-bond donors (Lipinski definition) is 2. The van der Waals surface area contributed by atoms with Crippen LogP contribution in [0.3, 0.4) is 0 Å². The van der Waals surface area contributed by atoms with Crippen molar-refractivity contribution in [1.82, 2.24) is 0 Å². The zero-order valence-electron chi connectivity index (χ0n) is 15.7. The van der Waals surface area contributed by atoms with Crippen LogP contribution in [-0.2, 0) is 34.0 Å². The Morgan fingerprint density at radius 1 is 0.481 bits per heavy atom. The van der Waals surface area contributed by atoms with Crippen LogP contribution in [0, 0.1) is 0 Å². The molecule has 156 valence electrons. The van der Waals surface area contributed by atoms with Crippen molar-refractivity contribution in [2.75, 3.05) is 0 Å². The van der Waals surface area contributed by atoms with Crippen LogP contribution in [0.15, 0.2) is 0 Å². The van der Waals surface area contributed by atoms with Crippen molar-refractivity contribution in [2.45, 2.75) is 89.9 Å². The lowest BCUT2D eigenvalue weighted by Crippen LogP contribution is -2.10. The number of rotatable bonds is 18. The van der Waals surface area contributed by atoms with Gasteiger partial charge in [-0.05, 0) is 25.7 Å². The Kier molecular flexibility index (Phi) is 15.9. The summed E-state index contributed by atoms with van der Waals surface area (Å²) in [7, 11) is 0. The van der Waals surface area contributed by atoms with Gasteiger partial charge in [0.05, 0.1) is 0 Å². The molecule has 9 nitrogen and oxygen atoms in total. The standard InChI is InChI=1S/C18H30O9/c19-15(20)11-7-3-1-5-9-13-17(23)25-27-26-18(24)14-10-6-2-4-8-12-16(21)22/h1-14H2,(H,19,20)(H,21,22). The number of aliphatic carboxylic acids is 2. The van der Waals surface area contributed by atoms with E-state index in [0.717, 1.165) is 38.5 Å². The monoisotopic (exact) mass is 390 g/mol. The third-order valence-electron chi connectivity index (χ3n) is 3.80. The molecule has 0 fully saturated rings. The quantitative estimate of drug-likeness (QED) is 0.204. The predicted octanol–water partition coefficient (Wildman–Crippen LogP) is 3.55. The van der Waals surface area contributed by atoms with Crippen LogP contribution in [0.5, 0.6) is 0 Å². The molecular formula is C18H30O9. The van der Waals surface area contributed by atoms with Crippen LogP contribution in [-0.4, -0.2) is 34.1 Å². The summed E-state index contributed by atoms with van der Waals surface area (Å²) in [4.78, 5) is 52.0. The molecule has 0 unspecified atom stereocenters. The van der Waals surface area contributed by atoms with Crippen molar-refractivity contribution < 1.29 is 44.2 Å². The fourth-order valence-electron chi connectivity index (χ4n) is 2.33. The minimum Gasteiger partial charge on any atom is -0.481 e. The molecule has 0 aliphatic carbocycles. The molecule has 0 aliphatic heterocycles. The summed E-state index contributed by atoms with van der Waals surface area (Å²) in [6.45, 7) is 0. The van der Waals surface area contributed by atoms with Crippen LogP contribution in [0.25, 0.3) is 0 Å². The second kappa shape index (κ2) is 17.3. The minimum absolute atomic E-state index is 0.132. The minimum atomic E-state index is -0.805. The van der Waals surface area contributed by atoms with Gasteiger partial charge in [0.1, 0.15) is 0 Å². The molecule has 2 N–H and O–H groups in total. The molecular weight excluding hydrogens is 360 g/mol. The number of carbonyl (C=O) groups excluding carboxylic acids is 2. The topological polar surface area (TPSA) is 136 Å². The Morgan fingerprint density at radius 2 is 0.778 bits per heavy atom. The van der Waals surface area contributed by atoms with E-state index in [1.807, 2.05) is 0 Å². The maximum absolute atomic E-state index is 11.4. The Labute approximate surface area is 158 Å². The molecule has 0 aromatic heterocycles. The van der Waals surface area contributed by atoms with Crippen molar-refractivity contribution in [1.29, 1.82) is 0 Å². The van der Waals surface area contributed by atoms with Crippen LogP contribution in [0.4, 0.5) is 0 Å². The molecule has 0 bridgehead atoms. The van der Waals surface area contributed by atoms with Crippen LogP contribution >= 0.6 is 0 Å². The smallest absolute Gasteiger partial charge is 0.346 e. The molecule has 0 aromatic rings. The first kappa shape index (κ1) is 24.8. The number of carboxylic acids is 2. The van der Waals surface area contributed by atoms with Gasteiger partial charge in [-0.2, -0.15) is 0 Å². The average molecular weight is 390 g/mol. The van der Waals surface area contributed by atoms with Gasteiger partial charge in [0, 0.05) is 30.7 Å². The molecule has 27 heavy (non-hydrogen) atoms. The van der Waals surface area contributed by atoms with Gasteiger partial charge < -0.3 is 10.2 Å². The molecule has 0 saturated heterocycles. The number of unbranched alkanes of at least 4 members (excludes halogenated alkanes) is 8. The zero-order valence-corrected chi connectivity index (χ0v) is 15.7. The highest BCUT2D eigenvalue weighted by molar-refractivity contribution is 5.69. The van der Waals surface area contributed by atoms with Gasteiger partial charge in [-0.1, -0.05) is 38.5 Å². The maximum atomic E-state index is 11.4. The number of carbonyl (C=O) groups is 4. The van der Waals surface area contributed by atoms with Gasteiger partial charge in [0.15, 0.2) is 0 Å². The van der Waals surface area contributed by atoms with Gasteiger partial charge in [-0.15, -0.1) is 0 Å². The second-order valence-electron chi connectivity index (χ2n) is 6.30. The third-order valence-corrected chi connectivity index (χ3v) is 3.80. The highest BCUT2D eigenvalue weighted by Gasteiger charge is 2.09. The van der Waals surface area contributed by atoms with Crippen molar-refractivity contribution in [2.24, 2.45) is 0 Å². The van der Waals surface area contributed by atoms with Crippen molar-refractivity contribution >= 4 is 23.9 Å². The van der Waals surface area contributed by atoms with Crippen molar-refractivity contribution in [3.63, 3.8) is 0 Å². The molecule has 0 saturated carbocycles. The largest absolute Gasteiger partial charge is 0.481 e. The summed E-state index contributed by atoms with van der Waals surface area (Å²) >= 11 is 0. The van der Waals surface area contributed by atoms with Crippen LogP contribution < -0.4 is 0 Å². The van der Waals surface area contributed by atoms with E-state index < -0.39 is 23.9 Å². The van der Waals surface area contributed by atoms with Gasteiger partial charge in [0.25, 0.3) is 0 Å². The lowest BCUT2D eigenvalue weighted by molar-refractivity contribution is -0.459. The van der Waals surface area contributed by atoms with Gasteiger partial charge in [0.2, 0.25) is 0 Å². The molecule has 0 rings (SSSR count). The summed E-state index contributed by atoms with van der Waals surface area (Å²) in [6, 6.07) is 0. The van der Waals surface area contributed by atoms with Crippen molar-refractivity contribution in [3.05, 3.63) is 0 Å². The fourth-order valence-corrected chi connectivity index (χ4v) is 2.33. The summed E-state index contributed by atoms with van der Waals surface area (Å²) in [5, 5.41) is 21.2. The highest BCUT2D eigenvalue weighted by atomic mass is 17.5. The fraction of sp³-hybridized carbons (Fsp3) is 0.778. The number of carboxylic acid groups (broad SMARTS) is 2. The average Bonchev–Trinajstić information content (AvgIpc) is 2.59. The summed E-state index contributed by atoms with van der Waals surface area (Å²) < 4.78 is 0. The maximum Gasteiger partial charge on any atom is 0.346 e. The lowest BCUT2D eigenvalue weighted by atomic mass is 10.1. The molecule has 0 amide bonds. The molecule has 0 atom stereocenters. The van der Waals surface area contributed by atoms with Gasteiger partial charge in [-0.25, -0.2) is 9.59 Å². The van der Waals surface area contributed by atoms with E-state index in [1.165, 1.54) is 0 Å². The Hall–Kier alpha value is -2.16. The first-order valence-corrected chi connectivity index (χ1v) is 9.42. The van der Waals surface area contributed by atoms with Gasteiger partial charge >= 0.3 is 23.9 Å². The molecule has 0 aromatic carbocycles. The van der Waals surface area contributed by atoms with Gasteiger partial charge in [-0.3, -0.25) is 19.4 Å². The van der Waals surface area contributed by atoms with E-state index in [4.69, 9.17) is 10.2 Å². The Balaban J connectivity index is 3.38. The zero-order chi connectivity index (χ0) is 20.3. The van der Waals surface area contributed by atoms with Crippen LogP contribution in [0.2, 0.25) is 0 Å². The molecule has 0 aliphatic rings. The third kappa shape index (κ3) is 20.0. The first-order valence-electron chi connectivity index (χ1n) is 9.42. The normalized spacial score (nSPS) is 10.4. The van der Waals surface area contributed by atoms with E-state index in [0.29, 0.717) is 25.7 Å². The molecule has 0 heterocycles. The van der Waals surface area contributed by atoms with E-state index >= 15 is 0 Å². The van der Waals surface area contributed by atoms with E-state index in [9.17, 15) is 19.2 Å². The van der Waals surface area contributed by atoms with Crippen molar-refractivity contribution in [3.8, 4) is 0 Å². The second-order valence-corrected chi connectivity index (χ2v) is 6.30. The lowest BCUT2D eigenvalue weighted by Gasteiger charge is -2.03. The highest BCUT2D eigenvalue weighted by Crippen LogP contribution is 2.09. The molecule has 0 spiro atoms. The molecule has 9 heteroatoms. The Morgan fingerprint density at radius 3 is 1.11 bits per heavy atom. The van der Waals surface area contributed by atoms with Crippen LogP contribution in [0.1, 0.15) is 89.9 Å². The summed E-state index contributed by atoms with van der Waals surface area (Å²) in [5.74, 6) is -2.87. The predicted molar refractivity (Wildman–Crippen MR) is 93.2 cm³/mol. The first-order chi connectivity index (χ1) is 12.9. The van der Waals surface area contributed by atoms with E-state index in [2.05, 4.69) is 14.8 Å². The molecule has 0 radical (unpaired) electrons. The van der Waals surface area contributed by atoms with E-state index in [1.54, 1.807) is 0 Å². The SMILES string of the molecule is O=C(O)CCCCCCCC(=O)OOOC(=O)CCCCCCCC(=O)O.